The number of nitrogens with one attached hydrogen (secondary N) is 1. The number of hydrogen-bond acceptors (Lipinski definition) is 10. The highest BCUT2D eigenvalue weighted by atomic mass is 16.6. The second kappa shape index (κ2) is 13.1. The third kappa shape index (κ3) is 5.72. The molecule has 2 saturated carbocycles. The van der Waals surface area contributed by atoms with Crippen molar-refractivity contribution in [2.24, 2.45) is 22.7 Å². The van der Waals surface area contributed by atoms with E-state index < -0.39 is 29.1 Å². The standard InChI is InChI=1S/C38H52N4O8/c1-6-27-34(46)42-20-24(7-10-32(42)40(27)5)17-26-18-25(35(47)50-26)8-9-28-36(3)12-11-31(44)37(4,21-43)29(36)19-30(38(28)22-49-38)39-23(2)33(45)41-13-15-48-16-14-41/h7-10,17-18,20,23,27-32,39,43-44H,6,11-16,19,21-22H2,1-5H3/t23?,27?,28?,29?,30?,31-,32?,36-,37+,38?/m1/s1. The molecule has 12 heteroatoms. The van der Waals surface area contributed by atoms with E-state index in [0.717, 1.165) is 18.4 Å². The maximum atomic E-state index is 13.5. The van der Waals surface area contributed by atoms with Gasteiger partial charge in [-0.3, -0.25) is 19.4 Å². The first-order valence-corrected chi connectivity index (χ1v) is 18.2. The molecule has 5 fully saturated rings. The van der Waals surface area contributed by atoms with Crippen molar-refractivity contribution in [2.75, 3.05) is 46.6 Å². The molecule has 5 aliphatic heterocycles. The first kappa shape index (κ1) is 35.3. The van der Waals surface area contributed by atoms with Gasteiger partial charge in [-0.25, -0.2) is 4.79 Å². The predicted octanol–water partition coefficient (Wildman–Crippen LogP) is 2.01. The van der Waals surface area contributed by atoms with Crippen molar-refractivity contribution in [2.45, 2.75) is 89.4 Å². The fourth-order valence-electron chi connectivity index (χ4n) is 9.89. The largest absolute Gasteiger partial charge is 0.423 e. The molecule has 2 aliphatic carbocycles. The van der Waals surface area contributed by atoms with Crippen LogP contribution in [0.5, 0.6) is 0 Å². The van der Waals surface area contributed by atoms with Crippen LogP contribution in [0.3, 0.4) is 0 Å². The van der Waals surface area contributed by atoms with Gasteiger partial charge in [0.05, 0.1) is 50.2 Å². The number of fused-ring (bicyclic) bond motifs is 2. The number of cyclic esters (lactones) is 1. The molecule has 10 atom stereocenters. The van der Waals surface area contributed by atoms with Crippen molar-refractivity contribution in [1.82, 2.24) is 20.0 Å². The van der Waals surface area contributed by atoms with Crippen LogP contribution >= 0.6 is 0 Å². The summed E-state index contributed by atoms with van der Waals surface area (Å²) in [4.78, 5) is 45.2. The third-order valence-corrected chi connectivity index (χ3v) is 13.0. The first-order chi connectivity index (χ1) is 23.9. The molecule has 0 aromatic rings. The topological polar surface area (TPSA) is 144 Å². The summed E-state index contributed by atoms with van der Waals surface area (Å²) in [6.07, 6.45) is 14.9. The number of morpholine rings is 1. The van der Waals surface area contributed by atoms with Crippen molar-refractivity contribution in [3.05, 3.63) is 59.6 Å². The number of epoxide rings is 1. The number of rotatable bonds is 8. The monoisotopic (exact) mass is 692 g/mol. The minimum Gasteiger partial charge on any atom is -0.423 e. The predicted molar refractivity (Wildman–Crippen MR) is 184 cm³/mol. The van der Waals surface area contributed by atoms with Crippen LogP contribution in [0.15, 0.2) is 59.6 Å². The van der Waals surface area contributed by atoms with Gasteiger partial charge in [0.15, 0.2) is 0 Å². The Morgan fingerprint density at radius 2 is 1.96 bits per heavy atom. The summed E-state index contributed by atoms with van der Waals surface area (Å²) in [7, 11) is 1.95. The minimum atomic E-state index is -0.753. The van der Waals surface area contributed by atoms with Gasteiger partial charge in [0.1, 0.15) is 17.5 Å². The Bertz CT molecular complexity index is 1560. The van der Waals surface area contributed by atoms with E-state index in [1.54, 1.807) is 17.1 Å². The molecule has 7 aliphatic rings. The summed E-state index contributed by atoms with van der Waals surface area (Å²) >= 11 is 0. The normalized spacial score (nSPS) is 41.4. The summed E-state index contributed by atoms with van der Waals surface area (Å²) in [6, 6.07) is -0.857. The number of allylic oxidation sites excluding steroid dienone is 4. The maximum Gasteiger partial charge on any atom is 0.343 e. The van der Waals surface area contributed by atoms with Crippen molar-refractivity contribution >= 4 is 17.8 Å². The van der Waals surface area contributed by atoms with Gasteiger partial charge >= 0.3 is 5.97 Å². The molecule has 0 radical (unpaired) electrons. The molecular formula is C38H52N4O8. The highest BCUT2D eigenvalue weighted by molar-refractivity contribution is 5.95. The van der Waals surface area contributed by atoms with E-state index in [1.165, 1.54) is 0 Å². The maximum absolute atomic E-state index is 13.5. The highest BCUT2D eigenvalue weighted by Crippen LogP contribution is 2.65. The molecule has 5 heterocycles. The van der Waals surface area contributed by atoms with Gasteiger partial charge < -0.3 is 34.6 Å². The lowest BCUT2D eigenvalue weighted by Crippen LogP contribution is -2.67. The van der Waals surface area contributed by atoms with Gasteiger partial charge in [0, 0.05) is 36.7 Å². The van der Waals surface area contributed by atoms with Crippen LogP contribution in [-0.2, 0) is 28.6 Å². The van der Waals surface area contributed by atoms with E-state index in [0.29, 0.717) is 57.1 Å². The van der Waals surface area contributed by atoms with E-state index >= 15 is 0 Å². The summed E-state index contributed by atoms with van der Waals surface area (Å²) in [5, 5.41) is 25.6. The first-order valence-electron chi connectivity index (χ1n) is 18.2. The van der Waals surface area contributed by atoms with Gasteiger partial charge in [-0.05, 0) is 74.8 Å². The molecule has 1 spiro atoms. The smallest absolute Gasteiger partial charge is 0.343 e. The quantitative estimate of drug-likeness (QED) is 0.255. The van der Waals surface area contributed by atoms with E-state index in [1.807, 2.05) is 57.1 Å². The lowest BCUT2D eigenvalue weighted by molar-refractivity contribution is -0.174. The second-order valence-electron chi connectivity index (χ2n) is 15.7. The molecule has 0 bridgehead atoms. The molecule has 3 N–H and O–H groups in total. The summed E-state index contributed by atoms with van der Waals surface area (Å²) in [5.74, 6) is -0.271. The lowest BCUT2D eigenvalue weighted by Gasteiger charge is -2.62. The number of aliphatic hydroxyl groups is 2. The zero-order valence-corrected chi connectivity index (χ0v) is 29.8. The van der Waals surface area contributed by atoms with Crippen molar-refractivity contribution in [3.8, 4) is 0 Å². The zero-order chi connectivity index (χ0) is 35.6. The Morgan fingerprint density at radius 3 is 2.64 bits per heavy atom. The number of amides is 2. The van der Waals surface area contributed by atoms with Gasteiger partial charge in [-0.15, -0.1) is 0 Å². The molecule has 7 rings (SSSR count). The number of nitrogens with zero attached hydrogens (tertiary/aromatic N) is 3. The molecule has 3 saturated heterocycles. The fourth-order valence-corrected chi connectivity index (χ4v) is 9.89. The molecule has 12 nitrogen and oxygen atoms in total. The SMILES string of the molecule is CCC1C(=O)N2C=C(C=C3C=C(C=CC4C5(CO5)C(NC(C)C(=O)N5CCOCC5)CC5[C@]4(C)CC[C@@H](O)[C@@]5(C)CO)C(=O)O3)C=CC2N1C. The average molecular weight is 693 g/mol. The number of carbonyl (C=O) groups excluding carboxylic acids is 3. The number of hydrogen-bond donors (Lipinski definition) is 3. The van der Waals surface area contributed by atoms with Crippen LogP contribution in [0.2, 0.25) is 0 Å². The van der Waals surface area contributed by atoms with Crippen molar-refractivity contribution in [3.63, 3.8) is 0 Å². The van der Waals surface area contributed by atoms with Crippen molar-refractivity contribution < 1.29 is 38.8 Å². The van der Waals surface area contributed by atoms with Crippen LogP contribution in [0.4, 0.5) is 0 Å². The Balaban J connectivity index is 1.16. The molecule has 7 unspecified atom stereocenters. The van der Waals surface area contributed by atoms with Crippen LogP contribution in [0.25, 0.3) is 0 Å². The minimum absolute atomic E-state index is 0.0149. The number of esters is 1. The van der Waals surface area contributed by atoms with E-state index in [2.05, 4.69) is 23.2 Å². The molecular weight excluding hydrogens is 640 g/mol. The van der Waals surface area contributed by atoms with Crippen LogP contribution in [0, 0.1) is 22.7 Å². The van der Waals surface area contributed by atoms with Crippen LogP contribution < -0.4 is 5.32 Å². The van der Waals surface area contributed by atoms with Gasteiger partial charge in [-0.2, -0.15) is 0 Å². The Hall–Kier alpha value is -3.13. The number of likely N-dealkylation sites (N-methyl/N-ethyl adjacent to an activating group) is 1. The molecule has 2 amide bonds. The van der Waals surface area contributed by atoms with Gasteiger partial charge in [-0.1, -0.05) is 39.0 Å². The Labute approximate surface area is 294 Å². The Morgan fingerprint density at radius 1 is 1.22 bits per heavy atom. The highest BCUT2D eigenvalue weighted by Gasteiger charge is 2.70. The molecule has 0 aromatic carbocycles. The summed E-state index contributed by atoms with van der Waals surface area (Å²) < 4.78 is 17.5. The summed E-state index contributed by atoms with van der Waals surface area (Å²) in [5.41, 5.74) is -0.559. The van der Waals surface area contributed by atoms with Gasteiger partial charge in [0.25, 0.3) is 0 Å². The van der Waals surface area contributed by atoms with Crippen LogP contribution in [0.1, 0.15) is 53.4 Å². The van der Waals surface area contributed by atoms with E-state index in [-0.39, 0.29) is 53.9 Å². The number of aliphatic hydroxyl groups excluding tert-OH is 2. The molecule has 50 heavy (non-hydrogen) atoms. The number of ether oxygens (including phenoxy) is 3. The zero-order valence-electron chi connectivity index (χ0n) is 29.8. The average Bonchev–Trinajstić information content (AvgIpc) is 3.77. The summed E-state index contributed by atoms with van der Waals surface area (Å²) in [6.45, 7) is 10.6. The van der Waals surface area contributed by atoms with E-state index in [4.69, 9.17) is 14.2 Å². The van der Waals surface area contributed by atoms with Crippen molar-refractivity contribution in [1.29, 1.82) is 0 Å². The number of carbonyl (C=O) groups is 3. The third-order valence-electron chi connectivity index (χ3n) is 13.0. The van der Waals surface area contributed by atoms with E-state index in [9.17, 15) is 24.6 Å². The Kier molecular flexibility index (Phi) is 9.26. The molecule has 0 aromatic heterocycles. The van der Waals surface area contributed by atoms with Gasteiger partial charge in [0.2, 0.25) is 11.8 Å². The fraction of sp³-hybridized carbons (Fsp3) is 0.658. The lowest BCUT2D eigenvalue weighted by atomic mass is 9.44. The van der Waals surface area contributed by atoms with Crippen LogP contribution in [-0.4, -0.2) is 125 Å². The second-order valence-corrected chi connectivity index (χ2v) is 15.7. The molecule has 272 valence electrons.